The lowest BCUT2D eigenvalue weighted by Crippen LogP contribution is -2.44. The fourth-order valence-corrected chi connectivity index (χ4v) is 2.28. The number of rotatable bonds is 2. The lowest BCUT2D eigenvalue weighted by Gasteiger charge is -2.35. The third-order valence-electron chi connectivity index (χ3n) is 2.85. The molecule has 0 spiro atoms. The first kappa shape index (κ1) is 11.6. The zero-order chi connectivity index (χ0) is 11.5. The summed E-state index contributed by atoms with van der Waals surface area (Å²) in [5.74, 6) is -0.116. The number of hydrogen-bond acceptors (Lipinski definition) is 2. The summed E-state index contributed by atoms with van der Waals surface area (Å²) < 4.78 is 19.1. The van der Waals surface area contributed by atoms with E-state index in [1.165, 1.54) is 6.07 Å². The number of morpholine rings is 1. The summed E-state index contributed by atoms with van der Waals surface area (Å²) in [7, 11) is 0. The molecule has 1 aromatic rings. The molecule has 2 atom stereocenters. The largest absolute Gasteiger partial charge is 0.373 e. The minimum atomic E-state index is -0.116. The molecule has 1 fully saturated rings. The summed E-state index contributed by atoms with van der Waals surface area (Å²) in [5, 5.41) is 0. The van der Waals surface area contributed by atoms with Crippen LogP contribution < -0.4 is 0 Å². The molecule has 1 saturated heterocycles. The van der Waals surface area contributed by atoms with E-state index < -0.39 is 0 Å². The Labute approximate surface area is 96.0 Å². The first-order chi connectivity index (χ1) is 7.65. The summed E-state index contributed by atoms with van der Waals surface area (Å²) in [6.45, 7) is 6.54. The van der Waals surface area contributed by atoms with Crippen LogP contribution in [0.15, 0.2) is 24.3 Å². The topological polar surface area (TPSA) is 12.5 Å². The fraction of sp³-hybridized carbons (Fsp3) is 0.538. The zero-order valence-corrected chi connectivity index (χ0v) is 9.82. The van der Waals surface area contributed by atoms with Crippen LogP contribution in [0.2, 0.25) is 0 Å². The van der Waals surface area contributed by atoms with Gasteiger partial charge >= 0.3 is 0 Å². The van der Waals surface area contributed by atoms with Crippen molar-refractivity contribution in [2.75, 3.05) is 13.1 Å². The molecule has 0 saturated carbocycles. The van der Waals surface area contributed by atoms with Crippen molar-refractivity contribution >= 4 is 0 Å². The van der Waals surface area contributed by atoms with Gasteiger partial charge in [-0.15, -0.1) is 0 Å². The molecule has 2 nitrogen and oxygen atoms in total. The minimum absolute atomic E-state index is 0.116. The molecule has 0 N–H and O–H groups in total. The predicted octanol–water partition coefficient (Wildman–Crippen LogP) is 2.43. The average Bonchev–Trinajstić information content (AvgIpc) is 2.20. The van der Waals surface area contributed by atoms with Crippen molar-refractivity contribution in [3.63, 3.8) is 0 Å². The van der Waals surface area contributed by atoms with Crippen molar-refractivity contribution < 1.29 is 9.13 Å². The van der Waals surface area contributed by atoms with Crippen molar-refractivity contribution in [1.29, 1.82) is 0 Å². The van der Waals surface area contributed by atoms with Gasteiger partial charge in [0.15, 0.2) is 0 Å². The van der Waals surface area contributed by atoms with Gasteiger partial charge in [0.05, 0.1) is 12.2 Å². The molecule has 2 rings (SSSR count). The van der Waals surface area contributed by atoms with Gasteiger partial charge in [0.2, 0.25) is 0 Å². The SMILES string of the molecule is C[C@@H]1CN(Cc2ccccc2F)C[C@H](C)O1. The standard InChI is InChI=1S/C13H18FNO/c1-10-7-15(8-11(2)16-10)9-12-5-3-4-6-13(12)14/h3-6,10-11H,7-9H2,1-2H3/t10-,11+. The summed E-state index contributed by atoms with van der Waals surface area (Å²) in [4.78, 5) is 2.25. The van der Waals surface area contributed by atoms with Crippen molar-refractivity contribution in [2.24, 2.45) is 0 Å². The van der Waals surface area contributed by atoms with Crippen LogP contribution in [-0.4, -0.2) is 30.2 Å². The lowest BCUT2D eigenvalue weighted by molar-refractivity contribution is -0.0707. The third-order valence-corrected chi connectivity index (χ3v) is 2.85. The molecule has 0 bridgehead atoms. The highest BCUT2D eigenvalue weighted by Crippen LogP contribution is 2.15. The van der Waals surface area contributed by atoms with Gasteiger partial charge in [0, 0.05) is 25.2 Å². The molecule has 3 heteroatoms. The second-order valence-corrected chi connectivity index (χ2v) is 4.54. The molecule has 16 heavy (non-hydrogen) atoms. The van der Waals surface area contributed by atoms with Crippen molar-refractivity contribution in [3.8, 4) is 0 Å². The summed E-state index contributed by atoms with van der Waals surface area (Å²) in [6.07, 6.45) is 0.464. The molecule has 0 aromatic heterocycles. The lowest BCUT2D eigenvalue weighted by atomic mass is 10.1. The summed E-state index contributed by atoms with van der Waals surface area (Å²) >= 11 is 0. The van der Waals surface area contributed by atoms with E-state index in [2.05, 4.69) is 18.7 Å². The van der Waals surface area contributed by atoms with E-state index >= 15 is 0 Å². The van der Waals surface area contributed by atoms with Gasteiger partial charge in [0.25, 0.3) is 0 Å². The van der Waals surface area contributed by atoms with Gasteiger partial charge in [0.1, 0.15) is 5.82 Å². The first-order valence-corrected chi connectivity index (χ1v) is 5.76. The summed E-state index contributed by atoms with van der Waals surface area (Å²) in [5.41, 5.74) is 0.767. The van der Waals surface area contributed by atoms with Gasteiger partial charge in [-0.25, -0.2) is 4.39 Å². The molecule has 1 aliphatic rings. The van der Waals surface area contributed by atoms with Crippen LogP contribution in [-0.2, 0) is 11.3 Å². The van der Waals surface area contributed by atoms with Crippen molar-refractivity contribution in [3.05, 3.63) is 35.6 Å². The number of ether oxygens (including phenoxy) is 1. The van der Waals surface area contributed by atoms with Crippen LogP contribution in [0.25, 0.3) is 0 Å². The Bertz CT molecular complexity index is 346. The van der Waals surface area contributed by atoms with E-state index in [1.807, 2.05) is 12.1 Å². The second-order valence-electron chi connectivity index (χ2n) is 4.54. The number of halogens is 1. The third kappa shape index (κ3) is 2.80. The highest BCUT2D eigenvalue weighted by atomic mass is 19.1. The molecule has 1 heterocycles. The molecular formula is C13H18FNO. The monoisotopic (exact) mass is 223 g/mol. The highest BCUT2D eigenvalue weighted by Gasteiger charge is 2.22. The molecule has 1 aromatic carbocycles. The second kappa shape index (κ2) is 4.93. The Morgan fingerprint density at radius 1 is 1.25 bits per heavy atom. The van der Waals surface area contributed by atoms with Crippen LogP contribution in [0.1, 0.15) is 19.4 Å². The van der Waals surface area contributed by atoms with Crippen molar-refractivity contribution in [2.45, 2.75) is 32.6 Å². The van der Waals surface area contributed by atoms with Crippen molar-refractivity contribution in [1.82, 2.24) is 4.90 Å². The molecular weight excluding hydrogens is 205 g/mol. The molecule has 1 aliphatic heterocycles. The van der Waals surface area contributed by atoms with E-state index in [-0.39, 0.29) is 18.0 Å². The van der Waals surface area contributed by atoms with Gasteiger partial charge in [-0.1, -0.05) is 18.2 Å². The van der Waals surface area contributed by atoms with Gasteiger partial charge < -0.3 is 4.74 Å². The fourth-order valence-electron chi connectivity index (χ4n) is 2.28. The molecule has 0 radical (unpaired) electrons. The Morgan fingerprint density at radius 2 is 1.88 bits per heavy atom. The first-order valence-electron chi connectivity index (χ1n) is 5.76. The van der Waals surface area contributed by atoms with Crippen LogP contribution in [0, 0.1) is 5.82 Å². The smallest absolute Gasteiger partial charge is 0.127 e. The maximum absolute atomic E-state index is 13.5. The molecule has 0 unspecified atom stereocenters. The maximum Gasteiger partial charge on any atom is 0.127 e. The number of hydrogen-bond donors (Lipinski definition) is 0. The zero-order valence-electron chi connectivity index (χ0n) is 9.82. The molecule has 0 aliphatic carbocycles. The maximum atomic E-state index is 13.5. The Kier molecular flexibility index (Phi) is 3.56. The van der Waals surface area contributed by atoms with Crippen LogP contribution in [0.5, 0.6) is 0 Å². The quantitative estimate of drug-likeness (QED) is 0.763. The van der Waals surface area contributed by atoms with Gasteiger partial charge in [-0.2, -0.15) is 0 Å². The molecule has 88 valence electrons. The average molecular weight is 223 g/mol. The van der Waals surface area contributed by atoms with E-state index in [1.54, 1.807) is 6.07 Å². The number of nitrogens with zero attached hydrogens (tertiary/aromatic N) is 1. The Balaban J connectivity index is 2.02. The van der Waals surface area contributed by atoms with E-state index in [9.17, 15) is 4.39 Å². The number of benzene rings is 1. The van der Waals surface area contributed by atoms with E-state index in [0.29, 0.717) is 6.54 Å². The van der Waals surface area contributed by atoms with Crippen LogP contribution in [0.4, 0.5) is 4.39 Å². The summed E-state index contributed by atoms with van der Waals surface area (Å²) in [6, 6.07) is 6.97. The normalized spacial score (nSPS) is 26.9. The minimum Gasteiger partial charge on any atom is -0.373 e. The van der Waals surface area contributed by atoms with Crippen LogP contribution >= 0.6 is 0 Å². The predicted molar refractivity (Wildman–Crippen MR) is 61.7 cm³/mol. The Morgan fingerprint density at radius 3 is 2.50 bits per heavy atom. The van der Waals surface area contributed by atoms with Crippen LogP contribution in [0.3, 0.4) is 0 Å². The van der Waals surface area contributed by atoms with E-state index in [4.69, 9.17) is 4.74 Å². The highest BCUT2D eigenvalue weighted by molar-refractivity contribution is 5.17. The Hall–Kier alpha value is -0.930. The molecule has 0 amide bonds. The van der Waals surface area contributed by atoms with E-state index in [0.717, 1.165) is 18.7 Å². The van der Waals surface area contributed by atoms with Gasteiger partial charge in [-0.3, -0.25) is 4.90 Å². The van der Waals surface area contributed by atoms with Gasteiger partial charge in [-0.05, 0) is 19.9 Å².